The Kier molecular flexibility index (Phi) is 38.3. The van der Waals surface area contributed by atoms with Crippen molar-refractivity contribution in [3.05, 3.63) is 35.9 Å². The fraction of sp³-hybridized carbons (Fsp3) is 0.627. The second-order valence-corrected chi connectivity index (χ2v) is 23.9. The molecular formula is C59H97N17O22. The number of aliphatic carboxylic acids is 2. The highest BCUT2D eigenvalue weighted by Gasteiger charge is 2.39. The number of nitrogens with one attached hydrogen (secondary N) is 12. The first-order valence-corrected chi connectivity index (χ1v) is 31.2. The maximum absolute atomic E-state index is 14.2. The van der Waals surface area contributed by atoms with Gasteiger partial charge in [-0.1, -0.05) is 58.0 Å². The largest absolute Gasteiger partial charge is 0.481 e. The lowest BCUT2D eigenvalue weighted by atomic mass is 9.99. The summed E-state index contributed by atoms with van der Waals surface area (Å²) in [6.45, 7) is 8.26. The van der Waals surface area contributed by atoms with Crippen LogP contribution in [0.25, 0.3) is 0 Å². The number of carboxylic acids is 2. The highest BCUT2D eigenvalue weighted by molar-refractivity contribution is 6.00. The van der Waals surface area contributed by atoms with Crippen LogP contribution in [0.4, 0.5) is 0 Å². The Balaban J connectivity index is 3.43. The van der Waals surface area contributed by atoms with Gasteiger partial charge in [0.15, 0.2) is 5.96 Å². The zero-order valence-electron chi connectivity index (χ0n) is 55.7. The summed E-state index contributed by atoms with van der Waals surface area (Å²) in [6, 6.07) is -12.5. The molecule has 0 radical (unpaired) electrons. The van der Waals surface area contributed by atoms with Crippen LogP contribution in [-0.2, 0) is 78.3 Å². The molecule has 0 aliphatic carbocycles. The van der Waals surface area contributed by atoms with Crippen LogP contribution in [0, 0.1) is 11.8 Å². The van der Waals surface area contributed by atoms with E-state index in [1.165, 1.54) is 12.1 Å². The van der Waals surface area contributed by atoms with Gasteiger partial charge in [-0.3, -0.25) is 72.1 Å². The minimum absolute atomic E-state index is 0.0743. The number of aliphatic hydroxyl groups excluding tert-OH is 5. The summed E-state index contributed by atoms with van der Waals surface area (Å²) in [6.07, 6.45) is -7.84. The van der Waals surface area contributed by atoms with Gasteiger partial charge in [0.1, 0.15) is 66.5 Å². The minimum Gasteiger partial charge on any atom is -0.481 e. The summed E-state index contributed by atoms with van der Waals surface area (Å²) in [5, 5.41) is 97.0. The summed E-state index contributed by atoms with van der Waals surface area (Å²) < 4.78 is 0. The number of rotatable bonds is 45. The number of nitrogens with two attached hydrogens (primary N) is 4. The quantitative estimate of drug-likeness (QED) is 0.0164. The number of nitrogens with zero attached hydrogens (tertiary/aromatic N) is 1. The van der Waals surface area contributed by atoms with Crippen molar-refractivity contribution in [3.63, 3.8) is 0 Å². The molecular weight excluding hydrogens is 1300 g/mol. The van der Waals surface area contributed by atoms with Crippen LogP contribution in [0.3, 0.4) is 0 Å². The molecule has 0 heterocycles. The van der Waals surface area contributed by atoms with Crippen LogP contribution < -0.4 is 86.7 Å². The van der Waals surface area contributed by atoms with Crippen LogP contribution in [0.2, 0.25) is 0 Å². The molecule has 0 saturated heterocycles. The molecule has 13 amide bonds. The van der Waals surface area contributed by atoms with Crippen molar-refractivity contribution in [1.82, 2.24) is 63.8 Å². The Morgan fingerprint density at radius 1 is 0.459 bits per heavy atom. The third kappa shape index (κ3) is 32.4. The topological polar surface area (TPSA) is 658 Å². The SMILES string of the molecule is CC(C)C[C@H](NC(=O)CNC(=O)[C@H](CO)NC(=O)[C@@H](NC(=O)[C@@H](N)CCCN=C(N)N)[C@@H](C)O)C(=O)N[C@@H](CC(C)C)C(=O)N[C@@H](CCC(=O)O)C(=O)N[C@H](C(=O)N[C@@H](CC(N)=O)C(=O)N[C@@H](Cc1ccccc1)C(=O)N[C@H](C(=O)N[C@@H](C)C(=O)N[C@@H](CO)C(=O)O)[C@@H](C)O)[C@@H](C)O. The van der Waals surface area contributed by atoms with Crippen LogP contribution in [0.1, 0.15) is 106 Å². The van der Waals surface area contributed by atoms with Gasteiger partial charge < -0.3 is 122 Å². The first-order valence-electron chi connectivity index (χ1n) is 31.2. The molecule has 0 unspecified atom stereocenters. The van der Waals surface area contributed by atoms with Gasteiger partial charge >= 0.3 is 11.9 Å². The van der Waals surface area contributed by atoms with Gasteiger partial charge in [0, 0.05) is 19.4 Å². The summed E-state index contributed by atoms with van der Waals surface area (Å²) in [4.78, 5) is 202. The van der Waals surface area contributed by atoms with E-state index in [0.29, 0.717) is 5.56 Å². The number of guanidine groups is 1. The van der Waals surface area contributed by atoms with Gasteiger partial charge in [0.05, 0.1) is 50.5 Å². The molecule has 15 atom stereocenters. The average Bonchev–Trinajstić information content (AvgIpc) is 0.861. The maximum atomic E-state index is 14.2. The smallest absolute Gasteiger partial charge is 0.328 e. The van der Waals surface area contributed by atoms with E-state index in [1.54, 1.807) is 45.9 Å². The highest BCUT2D eigenvalue weighted by atomic mass is 16.4. The predicted octanol–water partition coefficient (Wildman–Crippen LogP) is -9.88. The molecule has 550 valence electrons. The lowest BCUT2D eigenvalue weighted by molar-refractivity contribution is -0.143. The van der Waals surface area contributed by atoms with Gasteiger partial charge in [-0.2, -0.15) is 0 Å². The van der Waals surface area contributed by atoms with E-state index in [4.69, 9.17) is 22.9 Å². The van der Waals surface area contributed by atoms with Crippen LogP contribution in [-0.4, -0.2) is 248 Å². The van der Waals surface area contributed by atoms with Crippen molar-refractivity contribution in [2.75, 3.05) is 26.3 Å². The van der Waals surface area contributed by atoms with Crippen molar-refractivity contribution in [3.8, 4) is 0 Å². The second kappa shape index (κ2) is 43.5. The van der Waals surface area contributed by atoms with Gasteiger partial charge in [-0.05, 0) is 77.2 Å². The van der Waals surface area contributed by atoms with Gasteiger partial charge in [0.2, 0.25) is 76.8 Å². The number of aliphatic imine (C=N–C) groups is 1. The molecule has 0 spiro atoms. The molecule has 0 aliphatic heterocycles. The van der Waals surface area contributed by atoms with Crippen LogP contribution in [0.5, 0.6) is 0 Å². The summed E-state index contributed by atoms with van der Waals surface area (Å²) >= 11 is 0. The molecule has 1 aromatic rings. The molecule has 0 fully saturated rings. The van der Waals surface area contributed by atoms with Crippen molar-refractivity contribution in [2.45, 2.75) is 198 Å². The van der Waals surface area contributed by atoms with Crippen molar-refractivity contribution in [2.24, 2.45) is 39.8 Å². The number of benzene rings is 1. The van der Waals surface area contributed by atoms with E-state index in [-0.39, 0.29) is 56.4 Å². The lowest BCUT2D eigenvalue weighted by Crippen LogP contribution is -2.63. The standard InChI is InChI=1S/C59H97N17O22/c1-26(2)19-35(67-42(83)23-65-49(88)39(24-77)72-57(96)45(30(7)80)74-48(87)33(60)15-12-18-64-59(62)63)51(90)69-36(20-27(3)4)52(91)68-34(16-17-43(84)85)50(89)75-46(31(8)81)56(95)71-38(22-41(61)82)53(92)70-37(21-32-13-10-9-11-14-32)54(93)76-44(29(6)79)55(94)66-28(5)47(86)73-40(25-78)58(97)98/h9-11,13-14,26-31,33-40,44-46,77-81H,12,15-25,60H2,1-8H3,(H2,61,82)(H,65,88)(H,66,94)(H,67,83)(H,68,91)(H,69,90)(H,70,92)(H,71,95)(H,72,96)(H,73,86)(H,74,87)(H,75,89)(H,76,93)(H,84,85)(H,97,98)(H4,62,63,64)/t28-,29+,30+,31+,33-,34-,35-,36-,37-,38-,39-,40-,44-,45-,46-/m0/s1. The lowest BCUT2D eigenvalue weighted by Gasteiger charge is -2.29. The number of amides is 13. The molecule has 1 rings (SSSR count). The molecule has 39 nitrogen and oxygen atoms in total. The Morgan fingerprint density at radius 3 is 1.34 bits per heavy atom. The normalized spacial score (nSPS) is 15.7. The van der Waals surface area contributed by atoms with E-state index in [1.807, 2.05) is 5.32 Å². The van der Waals surface area contributed by atoms with E-state index >= 15 is 0 Å². The number of carbonyl (C=O) groups excluding carboxylic acids is 13. The highest BCUT2D eigenvalue weighted by Crippen LogP contribution is 2.13. The van der Waals surface area contributed by atoms with Crippen LogP contribution in [0.15, 0.2) is 35.3 Å². The fourth-order valence-corrected chi connectivity index (χ4v) is 8.97. The summed E-state index contributed by atoms with van der Waals surface area (Å²) in [7, 11) is 0. The third-order valence-corrected chi connectivity index (χ3v) is 14.2. The van der Waals surface area contributed by atoms with Crippen molar-refractivity contribution in [1.29, 1.82) is 0 Å². The molecule has 27 N–H and O–H groups in total. The Morgan fingerprint density at radius 2 is 0.878 bits per heavy atom. The fourth-order valence-electron chi connectivity index (χ4n) is 8.97. The first kappa shape index (κ1) is 86.3. The predicted molar refractivity (Wildman–Crippen MR) is 344 cm³/mol. The number of aliphatic hydroxyl groups is 5. The van der Waals surface area contributed by atoms with Gasteiger partial charge in [-0.15, -0.1) is 0 Å². The van der Waals surface area contributed by atoms with E-state index in [2.05, 4.69) is 63.5 Å². The minimum atomic E-state index is -2.08. The first-order chi connectivity index (χ1) is 45.7. The van der Waals surface area contributed by atoms with E-state index in [0.717, 1.165) is 27.7 Å². The van der Waals surface area contributed by atoms with Crippen molar-refractivity contribution < 1.29 is 108 Å². The summed E-state index contributed by atoms with van der Waals surface area (Å²) in [5.74, 6) is -18.7. The molecule has 0 aromatic heterocycles. The van der Waals surface area contributed by atoms with E-state index < -0.39 is 219 Å². The second-order valence-electron chi connectivity index (χ2n) is 23.9. The number of primary amides is 1. The molecule has 0 saturated carbocycles. The van der Waals surface area contributed by atoms with Crippen molar-refractivity contribution >= 4 is 94.7 Å². The Bertz CT molecular complexity index is 2930. The maximum Gasteiger partial charge on any atom is 0.328 e. The molecule has 0 aliphatic rings. The molecule has 1 aromatic carbocycles. The number of carbonyl (C=O) groups is 15. The third-order valence-electron chi connectivity index (χ3n) is 14.2. The zero-order chi connectivity index (χ0) is 74.8. The van der Waals surface area contributed by atoms with Gasteiger partial charge in [0.25, 0.3) is 0 Å². The number of hydrogen-bond donors (Lipinski definition) is 23. The Labute approximate surface area is 564 Å². The van der Waals surface area contributed by atoms with Crippen LogP contribution >= 0.6 is 0 Å². The number of carboxylic acid groups (broad SMARTS) is 2. The monoisotopic (exact) mass is 1400 g/mol. The Hall–Kier alpha value is -9.70. The average molecular weight is 1400 g/mol. The number of hydrogen-bond acceptors (Lipinski definition) is 22. The molecule has 0 bridgehead atoms. The van der Waals surface area contributed by atoms with E-state index in [9.17, 15) is 108 Å². The molecule has 39 heteroatoms. The molecule has 98 heavy (non-hydrogen) atoms. The zero-order valence-corrected chi connectivity index (χ0v) is 55.7. The van der Waals surface area contributed by atoms with Gasteiger partial charge in [-0.25, -0.2) is 4.79 Å². The summed E-state index contributed by atoms with van der Waals surface area (Å²) in [5.41, 5.74) is 22.3.